The minimum absolute atomic E-state index is 0.135. The van der Waals surface area contributed by atoms with Gasteiger partial charge in [0.25, 0.3) is 0 Å². The summed E-state index contributed by atoms with van der Waals surface area (Å²) in [6, 6.07) is 6.31. The molecule has 0 bridgehead atoms. The zero-order chi connectivity index (χ0) is 13.8. The fraction of sp³-hybridized carbons (Fsp3) is 0.600. The number of hydrogen-bond acceptors (Lipinski definition) is 3. The van der Waals surface area contributed by atoms with Crippen LogP contribution in [0.4, 0.5) is 5.69 Å². The van der Waals surface area contributed by atoms with Crippen LogP contribution >= 0.6 is 11.6 Å². The predicted molar refractivity (Wildman–Crippen MR) is 83.1 cm³/mol. The van der Waals surface area contributed by atoms with Crippen LogP contribution in [0.25, 0.3) is 0 Å². The van der Waals surface area contributed by atoms with E-state index in [4.69, 9.17) is 17.3 Å². The Morgan fingerprint density at radius 3 is 2.53 bits per heavy atom. The zero-order valence-corrected chi connectivity index (χ0v) is 12.7. The lowest BCUT2D eigenvalue weighted by Gasteiger charge is -2.36. The molecule has 106 valence electrons. The molecule has 1 saturated heterocycles. The molecule has 1 aliphatic rings. The molecular weight excluding hydrogens is 258 g/mol. The van der Waals surface area contributed by atoms with Gasteiger partial charge in [-0.1, -0.05) is 24.6 Å². The predicted octanol–water partition coefficient (Wildman–Crippen LogP) is 2.37. The molecule has 19 heavy (non-hydrogen) atoms. The fourth-order valence-electron chi connectivity index (χ4n) is 2.67. The highest BCUT2D eigenvalue weighted by Crippen LogP contribution is 2.29. The summed E-state index contributed by atoms with van der Waals surface area (Å²) in [5, 5.41) is 0.840. The van der Waals surface area contributed by atoms with Crippen molar-refractivity contribution in [2.75, 3.05) is 37.6 Å². The van der Waals surface area contributed by atoms with Gasteiger partial charge in [-0.2, -0.15) is 0 Å². The molecule has 1 heterocycles. The number of hydrogen-bond donors (Lipinski definition) is 1. The molecule has 1 fully saturated rings. The quantitative estimate of drug-likeness (QED) is 0.920. The van der Waals surface area contributed by atoms with Gasteiger partial charge in [0, 0.05) is 42.9 Å². The fourth-order valence-corrected chi connectivity index (χ4v) is 2.92. The molecule has 1 atom stereocenters. The summed E-state index contributed by atoms with van der Waals surface area (Å²) in [5.74, 6) is 0. The van der Waals surface area contributed by atoms with Crippen LogP contribution in [0.5, 0.6) is 0 Å². The van der Waals surface area contributed by atoms with E-state index in [2.05, 4.69) is 22.8 Å². The number of halogens is 1. The molecule has 4 heteroatoms. The van der Waals surface area contributed by atoms with E-state index < -0.39 is 0 Å². The van der Waals surface area contributed by atoms with Crippen LogP contribution in [0.3, 0.4) is 0 Å². The summed E-state index contributed by atoms with van der Waals surface area (Å²) in [6.07, 6.45) is 0.836. The Hall–Kier alpha value is -0.770. The monoisotopic (exact) mass is 281 g/mol. The molecule has 0 spiro atoms. The van der Waals surface area contributed by atoms with Crippen LogP contribution in [-0.2, 0) is 6.42 Å². The summed E-state index contributed by atoms with van der Waals surface area (Å²) < 4.78 is 0. The molecule has 0 amide bonds. The second-order valence-corrected chi connectivity index (χ2v) is 5.75. The largest absolute Gasteiger partial charge is 0.369 e. The normalized spacial score (nSPS) is 18.6. The summed E-state index contributed by atoms with van der Waals surface area (Å²) in [5.41, 5.74) is 8.41. The topological polar surface area (TPSA) is 32.5 Å². The van der Waals surface area contributed by atoms with Crippen LogP contribution in [0, 0.1) is 0 Å². The molecule has 3 nitrogen and oxygen atoms in total. The minimum Gasteiger partial charge on any atom is -0.369 e. The number of nitrogens with zero attached hydrogens (tertiary/aromatic N) is 2. The average molecular weight is 282 g/mol. The van der Waals surface area contributed by atoms with E-state index in [1.807, 2.05) is 19.1 Å². The van der Waals surface area contributed by atoms with E-state index in [9.17, 15) is 0 Å². The van der Waals surface area contributed by atoms with Crippen LogP contribution in [0.15, 0.2) is 18.2 Å². The molecule has 1 unspecified atom stereocenters. The lowest BCUT2D eigenvalue weighted by Crippen LogP contribution is -2.46. The van der Waals surface area contributed by atoms with Gasteiger partial charge in [0.2, 0.25) is 0 Å². The summed E-state index contributed by atoms with van der Waals surface area (Å²) in [4.78, 5) is 4.92. The van der Waals surface area contributed by atoms with Gasteiger partial charge in [-0.05, 0) is 37.6 Å². The molecule has 2 rings (SSSR count). The van der Waals surface area contributed by atoms with Crippen molar-refractivity contribution in [1.82, 2.24) is 4.90 Å². The SMILES string of the molecule is CCN1CCN(c2cccc(Cl)c2CC(C)N)CC1. The molecule has 1 aromatic rings. The first-order valence-corrected chi connectivity index (χ1v) is 7.50. The lowest BCUT2D eigenvalue weighted by atomic mass is 10.0. The van der Waals surface area contributed by atoms with Gasteiger partial charge in [0.1, 0.15) is 0 Å². The molecule has 0 radical (unpaired) electrons. The number of piperazine rings is 1. The highest BCUT2D eigenvalue weighted by Gasteiger charge is 2.19. The van der Waals surface area contributed by atoms with Crippen molar-refractivity contribution in [3.05, 3.63) is 28.8 Å². The highest BCUT2D eigenvalue weighted by molar-refractivity contribution is 6.31. The number of anilines is 1. The maximum atomic E-state index is 6.36. The van der Waals surface area contributed by atoms with E-state index in [0.29, 0.717) is 0 Å². The van der Waals surface area contributed by atoms with Crippen molar-refractivity contribution in [1.29, 1.82) is 0 Å². The van der Waals surface area contributed by atoms with E-state index in [1.165, 1.54) is 11.3 Å². The average Bonchev–Trinajstić information content (AvgIpc) is 2.41. The Morgan fingerprint density at radius 2 is 1.95 bits per heavy atom. The van der Waals surface area contributed by atoms with Gasteiger partial charge < -0.3 is 15.5 Å². The second-order valence-electron chi connectivity index (χ2n) is 5.34. The van der Waals surface area contributed by atoms with Crippen LogP contribution in [0.2, 0.25) is 5.02 Å². The van der Waals surface area contributed by atoms with Gasteiger partial charge in [-0.15, -0.1) is 0 Å². The first kappa shape index (κ1) is 14.6. The van der Waals surface area contributed by atoms with Crippen molar-refractivity contribution >= 4 is 17.3 Å². The third-order valence-electron chi connectivity index (χ3n) is 3.78. The van der Waals surface area contributed by atoms with E-state index >= 15 is 0 Å². The van der Waals surface area contributed by atoms with Crippen molar-refractivity contribution in [2.45, 2.75) is 26.3 Å². The standard InChI is InChI=1S/C15H24ClN3/c1-3-18-7-9-19(10-8-18)15-6-4-5-14(16)13(15)11-12(2)17/h4-6,12H,3,7-11,17H2,1-2H3. The van der Waals surface area contributed by atoms with E-state index in [1.54, 1.807) is 0 Å². The van der Waals surface area contributed by atoms with Crippen molar-refractivity contribution in [3.63, 3.8) is 0 Å². The number of nitrogens with two attached hydrogens (primary N) is 1. The summed E-state index contributed by atoms with van der Waals surface area (Å²) >= 11 is 6.36. The van der Waals surface area contributed by atoms with Crippen molar-refractivity contribution < 1.29 is 0 Å². The van der Waals surface area contributed by atoms with Crippen LogP contribution in [0.1, 0.15) is 19.4 Å². The van der Waals surface area contributed by atoms with E-state index in [0.717, 1.165) is 44.2 Å². The molecule has 0 aliphatic carbocycles. The van der Waals surface area contributed by atoms with Gasteiger partial charge in [-0.25, -0.2) is 0 Å². The summed E-state index contributed by atoms with van der Waals surface area (Å²) in [6.45, 7) is 9.77. The Balaban J connectivity index is 2.17. The molecular formula is C15H24ClN3. The number of rotatable bonds is 4. The van der Waals surface area contributed by atoms with Crippen molar-refractivity contribution in [2.24, 2.45) is 5.73 Å². The Morgan fingerprint density at radius 1 is 1.26 bits per heavy atom. The Labute approximate surface area is 121 Å². The first-order chi connectivity index (χ1) is 9.11. The maximum Gasteiger partial charge on any atom is 0.0459 e. The number of likely N-dealkylation sites (N-methyl/N-ethyl adjacent to an activating group) is 1. The number of benzene rings is 1. The molecule has 1 aromatic carbocycles. The second kappa shape index (κ2) is 6.60. The lowest BCUT2D eigenvalue weighted by molar-refractivity contribution is 0.271. The molecule has 0 saturated carbocycles. The third kappa shape index (κ3) is 3.62. The van der Waals surface area contributed by atoms with Crippen molar-refractivity contribution in [3.8, 4) is 0 Å². The first-order valence-electron chi connectivity index (χ1n) is 7.12. The Kier molecular flexibility index (Phi) is 5.08. The van der Waals surface area contributed by atoms with E-state index in [-0.39, 0.29) is 6.04 Å². The zero-order valence-electron chi connectivity index (χ0n) is 11.9. The van der Waals surface area contributed by atoms with Gasteiger partial charge in [-0.3, -0.25) is 0 Å². The van der Waals surface area contributed by atoms with Gasteiger partial charge in [0.15, 0.2) is 0 Å². The molecule has 0 aromatic heterocycles. The van der Waals surface area contributed by atoms with Gasteiger partial charge in [0.05, 0.1) is 0 Å². The van der Waals surface area contributed by atoms with Crippen LogP contribution in [-0.4, -0.2) is 43.7 Å². The Bertz CT molecular complexity index is 412. The maximum absolute atomic E-state index is 6.36. The minimum atomic E-state index is 0.135. The third-order valence-corrected chi connectivity index (χ3v) is 4.13. The molecule has 2 N–H and O–H groups in total. The van der Waals surface area contributed by atoms with Gasteiger partial charge >= 0.3 is 0 Å². The highest BCUT2D eigenvalue weighted by atomic mass is 35.5. The molecule has 1 aliphatic heterocycles. The smallest absolute Gasteiger partial charge is 0.0459 e. The van der Waals surface area contributed by atoms with Crippen LogP contribution < -0.4 is 10.6 Å². The summed E-state index contributed by atoms with van der Waals surface area (Å²) in [7, 11) is 0.